The molecule has 0 atom stereocenters. The van der Waals surface area contributed by atoms with Crippen LogP contribution in [0.2, 0.25) is 0 Å². The molecule has 1 aliphatic rings. The van der Waals surface area contributed by atoms with E-state index >= 15 is 0 Å². The molecule has 1 aliphatic heterocycles. The van der Waals surface area contributed by atoms with Gasteiger partial charge in [-0.3, -0.25) is 4.90 Å². The number of ether oxygens (including phenoxy) is 1. The van der Waals surface area contributed by atoms with Gasteiger partial charge in [-0.25, -0.2) is 0 Å². The Morgan fingerprint density at radius 3 is 2.53 bits per heavy atom. The van der Waals surface area contributed by atoms with Crippen molar-refractivity contribution in [1.29, 1.82) is 0 Å². The summed E-state index contributed by atoms with van der Waals surface area (Å²) in [5.74, 6) is 1.78. The van der Waals surface area contributed by atoms with Crippen molar-refractivity contribution in [2.75, 3.05) is 26.2 Å². The molecule has 0 radical (unpaired) electrons. The summed E-state index contributed by atoms with van der Waals surface area (Å²) in [6, 6.07) is 10.8. The van der Waals surface area contributed by atoms with Crippen molar-refractivity contribution in [3.63, 3.8) is 0 Å². The second kappa shape index (κ2) is 15.1. The van der Waals surface area contributed by atoms with Gasteiger partial charge in [0.1, 0.15) is 0 Å². The Kier molecular flexibility index (Phi) is 12.4. The largest absolute Gasteiger partial charge is 0.499 e. The van der Waals surface area contributed by atoms with Gasteiger partial charge >= 0.3 is 0 Å². The van der Waals surface area contributed by atoms with Crippen LogP contribution in [0.1, 0.15) is 76.7 Å². The summed E-state index contributed by atoms with van der Waals surface area (Å²) < 4.78 is 5.73. The predicted octanol–water partition coefficient (Wildman–Crippen LogP) is 6.67. The number of likely N-dealkylation sites (tertiary alicyclic amines) is 1. The molecule has 0 saturated carbocycles. The molecule has 1 saturated heterocycles. The quantitative estimate of drug-likeness (QED) is 0.242. The van der Waals surface area contributed by atoms with E-state index in [4.69, 9.17) is 4.74 Å². The van der Waals surface area contributed by atoms with Gasteiger partial charge in [0.25, 0.3) is 0 Å². The van der Waals surface area contributed by atoms with Gasteiger partial charge in [0, 0.05) is 25.2 Å². The van der Waals surface area contributed by atoms with Crippen molar-refractivity contribution >= 4 is 0 Å². The lowest BCUT2D eigenvalue weighted by Gasteiger charge is -2.32. The van der Waals surface area contributed by atoms with Crippen LogP contribution >= 0.6 is 0 Å². The Morgan fingerprint density at radius 1 is 1.03 bits per heavy atom. The van der Waals surface area contributed by atoms with Crippen LogP contribution in [0.15, 0.2) is 54.9 Å². The molecule has 3 heteroatoms. The normalized spacial score (nSPS) is 15.1. The zero-order valence-electron chi connectivity index (χ0n) is 19.3. The van der Waals surface area contributed by atoms with Crippen LogP contribution in [-0.4, -0.2) is 31.1 Å². The van der Waals surface area contributed by atoms with Crippen LogP contribution in [-0.2, 0) is 11.3 Å². The Morgan fingerprint density at radius 2 is 1.80 bits per heavy atom. The molecule has 0 aromatic heterocycles. The van der Waals surface area contributed by atoms with E-state index < -0.39 is 0 Å². The average molecular weight is 413 g/mol. The van der Waals surface area contributed by atoms with E-state index in [1.807, 2.05) is 0 Å². The highest BCUT2D eigenvalue weighted by atomic mass is 16.5. The SMILES string of the molecule is C=C(CCCC(=C)OCCCCCC)NCCC1CCN(Cc2ccccc2)CC1. The van der Waals surface area contributed by atoms with E-state index in [-0.39, 0.29) is 0 Å². The number of unbranched alkanes of at least 4 members (excludes halogenated alkanes) is 3. The van der Waals surface area contributed by atoms with E-state index in [9.17, 15) is 0 Å². The predicted molar refractivity (Wildman–Crippen MR) is 129 cm³/mol. The maximum Gasteiger partial charge on any atom is 0.0888 e. The van der Waals surface area contributed by atoms with Crippen molar-refractivity contribution in [1.82, 2.24) is 10.2 Å². The molecule has 168 valence electrons. The zero-order valence-corrected chi connectivity index (χ0v) is 19.3. The monoisotopic (exact) mass is 412 g/mol. The highest BCUT2D eigenvalue weighted by molar-refractivity contribution is 5.14. The number of allylic oxidation sites excluding steroid dienone is 2. The molecule has 1 heterocycles. The maximum absolute atomic E-state index is 5.73. The fraction of sp³-hybridized carbons (Fsp3) is 0.630. The van der Waals surface area contributed by atoms with Gasteiger partial charge in [-0.2, -0.15) is 0 Å². The van der Waals surface area contributed by atoms with Gasteiger partial charge in [-0.05, 0) is 63.1 Å². The third kappa shape index (κ3) is 10.9. The van der Waals surface area contributed by atoms with Crippen LogP contribution in [0.4, 0.5) is 0 Å². The highest BCUT2D eigenvalue weighted by Gasteiger charge is 2.18. The van der Waals surface area contributed by atoms with Crippen LogP contribution in [0.25, 0.3) is 0 Å². The van der Waals surface area contributed by atoms with Crippen LogP contribution < -0.4 is 5.32 Å². The molecule has 0 bridgehead atoms. The molecular formula is C27H44N2O. The minimum absolute atomic E-state index is 0.822. The number of hydrogen-bond acceptors (Lipinski definition) is 3. The first-order chi connectivity index (χ1) is 14.7. The third-order valence-corrected chi connectivity index (χ3v) is 6.12. The van der Waals surface area contributed by atoms with Crippen molar-refractivity contribution in [3.05, 3.63) is 60.5 Å². The molecule has 1 aromatic carbocycles. The Bertz CT molecular complexity index is 590. The average Bonchev–Trinajstić information content (AvgIpc) is 2.75. The fourth-order valence-electron chi connectivity index (χ4n) is 4.13. The third-order valence-electron chi connectivity index (χ3n) is 6.12. The van der Waals surface area contributed by atoms with E-state index in [0.29, 0.717) is 0 Å². The number of hydrogen-bond donors (Lipinski definition) is 1. The smallest absolute Gasteiger partial charge is 0.0888 e. The van der Waals surface area contributed by atoms with E-state index in [2.05, 4.69) is 60.6 Å². The molecule has 0 spiro atoms. The lowest BCUT2D eigenvalue weighted by molar-refractivity contribution is 0.172. The second-order valence-corrected chi connectivity index (χ2v) is 8.83. The molecule has 3 nitrogen and oxygen atoms in total. The summed E-state index contributed by atoms with van der Waals surface area (Å²) in [4.78, 5) is 2.59. The second-order valence-electron chi connectivity index (χ2n) is 8.83. The van der Waals surface area contributed by atoms with Gasteiger partial charge in [-0.15, -0.1) is 0 Å². The summed E-state index contributed by atoms with van der Waals surface area (Å²) in [5.41, 5.74) is 2.59. The summed E-state index contributed by atoms with van der Waals surface area (Å²) >= 11 is 0. The summed E-state index contributed by atoms with van der Waals surface area (Å²) in [6.45, 7) is 15.9. The number of nitrogens with one attached hydrogen (secondary N) is 1. The molecule has 0 unspecified atom stereocenters. The lowest BCUT2D eigenvalue weighted by Crippen LogP contribution is -2.34. The number of rotatable bonds is 16. The van der Waals surface area contributed by atoms with Crippen LogP contribution in [0, 0.1) is 5.92 Å². The minimum Gasteiger partial charge on any atom is -0.499 e. The summed E-state index contributed by atoms with van der Waals surface area (Å²) in [5, 5.41) is 3.54. The number of benzene rings is 1. The molecular weight excluding hydrogens is 368 g/mol. The first-order valence-electron chi connectivity index (χ1n) is 12.2. The minimum atomic E-state index is 0.822. The molecule has 30 heavy (non-hydrogen) atoms. The van der Waals surface area contributed by atoms with Crippen molar-refractivity contribution in [3.8, 4) is 0 Å². The van der Waals surface area contributed by atoms with Gasteiger partial charge in [0.2, 0.25) is 0 Å². The molecule has 1 N–H and O–H groups in total. The van der Waals surface area contributed by atoms with Gasteiger partial charge in [0.15, 0.2) is 0 Å². The Hall–Kier alpha value is -1.74. The fourth-order valence-corrected chi connectivity index (χ4v) is 4.13. The van der Waals surface area contributed by atoms with Gasteiger partial charge < -0.3 is 10.1 Å². The zero-order chi connectivity index (χ0) is 21.4. The lowest BCUT2D eigenvalue weighted by atomic mass is 9.93. The molecule has 1 aromatic rings. The number of piperidine rings is 1. The molecule has 0 amide bonds. The van der Waals surface area contributed by atoms with Crippen LogP contribution in [0.5, 0.6) is 0 Å². The van der Waals surface area contributed by atoms with E-state index in [1.165, 1.54) is 57.2 Å². The van der Waals surface area contributed by atoms with E-state index in [1.54, 1.807) is 0 Å². The van der Waals surface area contributed by atoms with Crippen molar-refractivity contribution < 1.29 is 4.74 Å². The number of nitrogens with zero attached hydrogens (tertiary/aromatic N) is 1. The standard InChI is InChI=1S/C27H44N2O/c1-4-5-6-10-22-30-25(3)13-11-12-24(2)28-19-16-26-17-20-29(21-18-26)23-27-14-8-7-9-15-27/h7-9,14-15,26,28H,2-6,10-13,16-23H2,1H3. The molecule has 2 rings (SSSR count). The summed E-state index contributed by atoms with van der Waals surface area (Å²) in [7, 11) is 0. The topological polar surface area (TPSA) is 24.5 Å². The Labute approximate surface area is 185 Å². The summed E-state index contributed by atoms with van der Waals surface area (Å²) in [6.07, 6.45) is 11.9. The molecule has 1 fully saturated rings. The van der Waals surface area contributed by atoms with Crippen molar-refractivity contribution in [2.24, 2.45) is 5.92 Å². The van der Waals surface area contributed by atoms with Gasteiger partial charge in [-0.1, -0.05) is 69.7 Å². The highest BCUT2D eigenvalue weighted by Crippen LogP contribution is 2.21. The van der Waals surface area contributed by atoms with E-state index in [0.717, 1.165) is 62.8 Å². The Balaban J connectivity index is 1.45. The van der Waals surface area contributed by atoms with Crippen molar-refractivity contribution in [2.45, 2.75) is 77.7 Å². The molecule has 0 aliphatic carbocycles. The van der Waals surface area contributed by atoms with Gasteiger partial charge in [0.05, 0.1) is 12.4 Å². The van der Waals surface area contributed by atoms with Crippen LogP contribution in [0.3, 0.4) is 0 Å². The first kappa shape index (κ1) is 24.5. The first-order valence-corrected chi connectivity index (χ1v) is 12.2. The maximum atomic E-state index is 5.73.